The molecule has 18 heavy (non-hydrogen) atoms. The average Bonchev–Trinajstić information content (AvgIpc) is 2.93. The molecule has 0 atom stereocenters. The standard InChI is InChI=1S/C13H10BrN3O/c1-17-13(12(14)10(7-15)16-17)9-2-3-11-8(6-9)4-5-18-11/h2-3,6H,4-5H2,1H3. The molecule has 90 valence electrons. The summed E-state index contributed by atoms with van der Waals surface area (Å²) < 4.78 is 7.95. The maximum atomic E-state index is 8.98. The van der Waals surface area contributed by atoms with Gasteiger partial charge in [0.1, 0.15) is 11.8 Å². The van der Waals surface area contributed by atoms with E-state index >= 15 is 0 Å². The summed E-state index contributed by atoms with van der Waals surface area (Å²) in [4.78, 5) is 0. The van der Waals surface area contributed by atoms with Gasteiger partial charge in [-0.3, -0.25) is 4.68 Å². The van der Waals surface area contributed by atoms with Crippen molar-refractivity contribution in [1.82, 2.24) is 9.78 Å². The van der Waals surface area contributed by atoms with Crippen molar-refractivity contribution in [2.24, 2.45) is 7.05 Å². The number of benzene rings is 1. The van der Waals surface area contributed by atoms with Gasteiger partial charge in [-0.2, -0.15) is 10.4 Å². The number of nitriles is 1. The maximum absolute atomic E-state index is 8.98. The van der Waals surface area contributed by atoms with Crippen LogP contribution >= 0.6 is 15.9 Å². The highest BCUT2D eigenvalue weighted by Crippen LogP contribution is 2.34. The molecule has 0 aliphatic carbocycles. The van der Waals surface area contributed by atoms with Gasteiger partial charge >= 0.3 is 0 Å². The number of rotatable bonds is 1. The lowest BCUT2D eigenvalue weighted by Crippen LogP contribution is -1.94. The molecule has 0 radical (unpaired) electrons. The Balaban J connectivity index is 2.16. The van der Waals surface area contributed by atoms with Crippen LogP contribution < -0.4 is 4.74 Å². The van der Waals surface area contributed by atoms with E-state index in [9.17, 15) is 0 Å². The maximum Gasteiger partial charge on any atom is 0.177 e. The number of hydrogen-bond donors (Lipinski definition) is 0. The molecule has 0 N–H and O–H groups in total. The first-order valence-corrected chi connectivity index (χ1v) is 6.38. The number of hydrogen-bond acceptors (Lipinski definition) is 3. The third kappa shape index (κ3) is 1.61. The van der Waals surface area contributed by atoms with Gasteiger partial charge in [0, 0.05) is 19.0 Å². The molecule has 1 aromatic carbocycles. The molecule has 0 unspecified atom stereocenters. The Morgan fingerprint density at radius 2 is 2.33 bits per heavy atom. The second-order valence-electron chi connectivity index (χ2n) is 4.17. The van der Waals surface area contributed by atoms with E-state index in [4.69, 9.17) is 10.00 Å². The fourth-order valence-electron chi connectivity index (χ4n) is 2.22. The van der Waals surface area contributed by atoms with Crippen LogP contribution in [0.15, 0.2) is 22.7 Å². The predicted molar refractivity (Wildman–Crippen MR) is 70.3 cm³/mol. The fourth-order valence-corrected chi connectivity index (χ4v) is 2.87. The minimum Gasteiger partial charge on any atom is -0.493 e. The Hall–Kier alpha value is -1.80. The highest BCUT2D eigenvalue weighted by atomic mass is 79.9. The van der Waals surface area contributed by atoms with Crippen molar-refractivity contribution >= 4 is 15.9 Å². The molecule has 1 aromatic heterocycles. The van der Waals surface area contributed by atoms with E-state index in [2.05, 4.69) is 33.2 Å². The second-order valence-corrected chi connectivity index (χ2v) is 4.96. The lowest BCUT2D eigenvalue weighted by molar-refractivity contribution is 0.357. The SMILES string of the molecule is Cn1nc(C#N)c(Br)c1-c1ccc2c(c1)CCO2. The van der Waals surface area contributed by atoms with Gasteiger partial charge in [-0.05, 0) is 39.7 Å². The zero-order valence-corrected chi connectivity index (χ0v) is 11.4. The molecule has 2 aromatic rings. The molecule has 1 aliphatic rings. The molecule has 4 nitrogen and oxygen atoms in total. The fraction of sp³-hybridized carbons (Fsp3) is 0.231. The van der Waals surface area contributed by atoms with Crippen LogP contribution in [0.3, 0.4) is 0 Å². The lowest BCUT2D eigenvalue weighted by Gasteiger charge is -2.05. The summed E-state index contributed by atoms with van der Waals surface area (Å²) in [6, 6.07) is 8.15. The lowest BCUT2D eigenvalue weighted by atomic mass is 10.1. The van der Waals surface area contributed by atoms with Crippen molar-refractivity contribution in [3.8, 4) is 23.1 Å². The molecule has 5 heteroatoms. The Kier molecular flexibility index (Phi) is 2.60. The minimum absolute atomic E-state index is 0.407. The third-order valence-electron chi connectivity index (χ3n) is 3.06. The number of halogens is 1. The quantitative estimate of drug-likeness (QED) is 0.814. The van der Waals surface area contributed by atoms with E-state index in [1.165, 1.54) is 5.56 Å². The van der Waals surface area contributed by atoms with Crippen LogP contribution in [0.2, 0.25) is 0 Å². The van der Waals surface area contributed by atoms with Crippen LogP contribution in [0.25, 0.3) is 11.3 Å². The van der Waals surface area contributed by atoms with Crippen LogP contribution in [0, 0.1) is 11.3 Å². The topological polar surface area (TPSA) is 50.8 Å². The van der Waals surface area contributed by atoms with Gasteiger partial charge in [0.2, 0.25) is 0 Å². The number of aromatic nitrogens is 2. The smallest absolute Gasteiger partial charge is 0.177 e. The van der Waals surface area contributed by atoms with Crippen LogP contribution in [0.1, 0.15) is 11.3 Å². The van der Waals surface area contributed by atoms with Crippen LogP contribution in [0.4, 0.5) is 0 Å². The normalized spacial score (nSPS) is 12.9. The zero-order chi connectivity index (χ0) is 12.7. The Morgan fingerprint density at radius 3 is 3.06 bits per heavy atom. The Labute approximate surface area is 113 Å². The number of nitrogens with zero attached hydrogens (tertiary/aromatic N) is 3. The highest BCUT2D eigenvalue weighted by molar-refractivity contribution is 9.10. The van der Waals surface area contributed by atoms with Gasteiger partial charge in [0.05, 0.1) is 16.8 Å². The second kappa shape index (κ2) is 4.14. The van der Waals surface area contributed by atoms with Crippen molar-refractivity contribution < 1.29 is 4.74 Å². The van der Waals surface area contributed by atoms with Crippen molar-refractivity contribution in [3.63, 3.8) is 0 Å². The summed E-state index contributed by atoms with van der Waals surface area (Å²) in [7, 11) is 1.84. The first kappa shape index (κ1) is 11.3. The summed E-state index contributed by atoms with van der Waals surface area (Å²) in [5.74, 6) is 0.956. The van der Waals surface area contributed by atoms with E-state index in [0.717, 1.165) is 34.5 Å². The Bertz CT molecular complexity index is 670. The summed E-state index contributed by atoms with van der Waals surface area (Å²) in [6.07, 6.45) is 0.934. The van der Waals surface area contributed by atoms with Gasteiger partial charge < -0.3 is 4.74 Å². The van der Waals surface area contributed by atoms with Gasteiger partial charge in [-0.25, -0.2) is 0 Å². The molecule has 3 rings (SSSR count). The number of fused-ring (bicyclic) bond motifs is 1. The van der Waals surface area contributed by atoms with Crippen LogP contribution in [-0.2, 0) is 13.5 Å². The average molecular weight is 304 g/mol. The summed E-state index contributed by atoms with van der Waals surface area (Å²) in [6.45, 7) is 0.745. The van der Waals surface area contributed by atoms with E-state index in [-0.39, 0.29) is 0 Å². The van der Waals surface area contributed by atoms with Crippen molar-refractivity contribution in [3.05, 3.63) is 33.9 Å². The minimum atomic E-state index is 0.407. The summed E-state index contributed by atoms with van der Waals surface area (Å²) in [5, 5.41) is 13.2. The molecule has 0 fully saturated rings. The number of ether oxygens (including phenoxy) is 1. The molecule has 0 saturated heterocycles. The Morgan fingerprint density at radius 1 is 1.50 bits per heavy atom. The van der Waals surface area contributed by atoms with Crippen molar-refractivity contribution in [1.29, 1.82) is 5.26 Å². The predicted octanol–water partition coefficient (Wildman–Crippen LogP) is 2.66. The van der Waals surface area contributed by atoms with Crippen LogP contribution in [-0.4, -0.2) is 16.4 Å². The highest BCUT2D eigenvalue weighted by Gasteiger charge is 2.18. The van der Waals surface area contributed by atoms with Crippen LogP contribution in [0.5, 0.6) is 5.75 Å². The first-order chi connectivity index (χ1) is 8.70. The third-order valence-corrected chi connectivity index (χ3v) is 3.81. The largest absolute Gasteiger partial charge is 0.493 e. The zero-order valence-electron chi connectivity index (χ0n) is 9.77. The van der Waals surface area contributed by atoms with E-state index in [0.29, 0.717) is 5.69 Å². The first-order valence-electron chi connectivity index (χ1n) is 5.59. The summed E-state index contributed by atoms with van der Waals surface area (Å²) >= 11 is 3.44. The molecular formula is C13H10BrN3O. The molecular weight excluding hydrogens is 294 g/mol. The molecule has 0 saturated carbocycles. The van der Waals surface area contributed by atoms with Gasteiger partial charge in [0.25, 0.3) is 0 Å². The molecule has 0 amide bonds. The van der Waals surface area contributed by atoms with E-state index in [1.807, 2.05) is 19.2 Å². The van der Waals surface area contributed by atoms with E-state index in [1.54, 1.807) is 4.68 Å². The van der Waals surface area contributed by atoms with E-state index < -0.39 is 0 Å². The van der Waals surface area contributed by atoms with Gasteiger partial charge in [-0.1, -0.05) is 0 Å². The summed E-state index contributed by atoms with van der Waals surface area (Å²) in [5.41, 5.74) is 3.58. The molecule has 0 spiro atoms. The molecule has 2 heterocycles. The molecule has 1 aliphatic heterocycles. The monoisotopic (exact) mass is 303 g/mol. The van der Waals surface area contributed by atoms with Gasteiger partial charge in [0.15, 0.2) is 5.69 Å². The number of aryl methyl sites for hydroxylation is 1. The van der Waals surface area contributed by atoms with Crippen molar-refractivity contribution in [2.45, 2.75) is 6.42 Å². The van der Waals surface area contributed by atoms with Crippen molar-refractivity contribution in [2.75, 3.05) is 6.61 Å². The molecule has 0 bridgehead atoms. The van der Waals surface area contributed by atoms with Gasteiger partial charge in [-0.15, -0.1) is 0 Å².